The van der Waals surface area contributed by atoms with Crippen LogP contribution in [0.25, 0.3) is 0 Å². The number of alkyl halides is 1. The van der Waals surface area contributed by atoms with Crippen molar-refractivity contribution in [2.24, 2.45) is 5.73 Å². The second-order valence-electron chi connectivity index (χ2n) is 3.44. The molecule has 1 aromatic carbocycles. The van der Waals surface area contributed by atoms with Crippen molar-refractivity contribution in [3.8, 4) is 0 Å². The Balaban J connectivity index is 3.07. The van der Waals surface area contributed by atoms with Crippen LogP contribution in [0, 0.1) is 11.6 Å². The van der Waals surface area contributed by atoms with Crippen molar-refractivity contribution in [2.45, 2.75) is 19.1 Å². The van der Waals surface area contributed by atoms with E-state index in [4.69, 9.17) is 17.3 Å². The number of carbonyl (C=O) groups is 1. The number of halogens is 4. The minimum Gasteiger partial charge on any atom is -0.464 e. The zero-order valence-electron chi connectivity index (χ0n) is 9.42. The Morgan fingerprint density at radius 2 is 2.11 bits per heavy atom. The topological polar surface area (TPSA) is 52.3 Å². The summed E-state index contributed by atoms with van der Waals surface area (Å²) in [6.07, 6.45) is -2.37. The van der Waals surface area contributed by atoms with Crippen LogP contribution in [0.15, 0.2) is 12.1 Å². The van der Waals surface area contributed by atoms with E-state index in [0.29, 0.717) is 0 Å². The molecule has 0 aliphatic rings. The molecule has 0 fully saturated rings. The van der Waals surface area contributed by atoms with Crippen molar-refractivity contribution in [1.29, 1.82) is 0 Å². The molecule has 18 heavy (non-hydrogen) atoms. The summed E-state index contributed by atoms with van der Waals surface area (Å²) in [5, 5.41) is -0.405. The van der Waals surface area contributed by atoms with Gasteiger partial charge in [-0.2, -0.15) is 0 Å². The number of ether oxygens (including phenoxy) is 1. The summed E-state index contributed by atoms with van der Waals surface area (Å²) in [7, 11) is 0. The van der Waals surface area contributed by atoms with E-state index >= 15 is 0 Å². The van der Waals surface area contributed by atoms with E-state index in [1.807, 2.05) is 0 Å². The van der Waals surface area contributed by atoms with E-state index in [-0.39, 0.29) is 6.61 Å². The molecular formula is C11H11ClF3NO2. The van der Waals surface area contributed by atoms with Gasteiger partial charge in [0, 0.05) is 5.56 Å². The predicted octanol–water partition coefficient (Wildman–Crippen LogP) is 2.52. The average molecular weight is 282 g/mol. The number of hydrogen-bond acceptors (Lipinski definition) is 3. The fourth-order valence-corrected chi connectivity index (χ4v) is 1.53. The van der Waals surface area contributed by atoms with Gasteiger partial charge in [-0.25, -0.2) is 18.0 Å². The fraction of sp³-hybridized carbons (Fsp3) is 0.364. The van der Waals surface area contributed by atoms with E-state index in [0.717, 1.165) is 12.1 Å². The monoisotopic (exact) mass is 281 g/mol. The minimum atomic E-state index is -2.37. The van der Waals surface area contributed by atoms with Gasteiger partial charge in [-0.3, -0.25) is 0 Å². The number of carbonyl (C=O) groups excluding carboxylic acids is 1. The van der Waals surface area contributed by atoms with Crippen LogP contribution in [-0.4, -0.2) is 18.7 Å². The number of nitrogens with two attached hydrogens (primary N) is 1. The molecule has 0 bridgehead atoms. The smallest absolute Gasteiger partial charge is 0.342 e. The zero-order valence-corrected chi connectivity index (χ0v) is 10.2. The lowest BCUT2D eigenvalue weighted by atomic mass is 10.0. The SMILES string of the molecule is CCOC(=O)C(F)[C@H](N)c1c(F)ccc(Cl)c1F. The molecule has 7 heteroatoms. The average Bonchev–Trinajstić information content (AvgIpc) is 2.33. The molecular weight excluding hydrogens is 271 g/mol. The maximum atomic E-state index is 13.6. The maximum absolute atomic E-state index is 13.6. The molecule has 0 heterocycles. The van der Waals surface area contributed by atoms with Crippen LogP contribution in [0.2, 0.25) is 5.02 Å². The van der Waals surface area contributed by atoms with Crippen molar-refractivity contribution >= 4 is 17.6 Å². The normalized spacial score (nSPS) is 14.1. The lowest BCUT2D eigenvalue weighted by Crippen LogP contribution is -2.32. The third-order valence-corrected chi connectivity index (χ3v) is 2.53. The van der Waals surface area contributed by atoms with E-state index < -0.39 is 40.4 Å². The highest BCUT2D eigenvalue weighted by atomic mass is 35.5. The van der Waals surface area contributed by atoms with Gasteiger partial charge >= 0.3 is 5.97 Å². The van der Waals surface area contributed by atoms with Gasteiger partial charge in [0.15, 0.2) is 0 Å². The first-order valence-corrected chi connectivity index (χ1v) is 5.47. The maximum Gasteiger partial charge on any atom is 0.342 e. The number of hydrogen-bond donors (Lipinski definition) is 1. The largest absolute Gasteiger partial charge is 0.464 e. The van der Waals surface area contributed by atoms with E-state index in [2.05, 4.69) is 4.74 Å². The van der Waals surface area contributed by atoms with Gasteiger partial charge in [-0.1, -0.05) is 11.6 Å². The lowest BCUT2D eigenvalue weighted by Gasteiger charge is -2.17. The summed E-state index contributed by atoms with van der Waals surface area (Å²) in [6.45, 7) is 1.41. The van der Waals surface area contributed by atoms with Crippen LogP contribution < -0.4 is 5.73 Å². The molecule has 0 saturated carbocycles. The summed E-state index contributed by atoms with van der Waals surface area (Å²) in [4.78, 5) is 11.1. The molecule has 0 aromatic heterocycles. The third kappa shape index (κ3) is 2.94. The zero-order chi connectivity index (χ0) is 13.9. The first-order chi connectivity index (χ1) is 8.40. The van der Waals surface area contributed by atoms with Gasteiger partial charge in [0.25, 0.3) is 0 Å². The number of rotatable bonds is 4. The van der Waals surface area contributed by atoms with Gasteiger partial charge in [0.05, 0.1) is 17.7 Å². The quantitative estimate of drug-likeness (QED) is 0.681. The molecule has 0 aliphatic heterocycles. The first kappa shape index (κ1) is 14.8. The molecule has 100 valence electrons. The summed E-state index contributed by atoms with van der Waals surface area (Å²) < 4.78 is 44.9. The number of esters is 1. The van der Waals surface area contributed by atoms with Gasteiger partial charge in [-0.05, 0) is 19.1 Å². The second-order valence-corrected chi connectivity index (χ2v) is 3.84. The summed E-state index contributed by atoms with van der Waals surface area (Å²) in [5.74, 6) is -3.53. The first-order valence-electron chi connectivity index (χ1n) is 5.09. The molecule has 2 N–H and O–H groups in total. The Morgan fingerprint density at radius 1 is 1.50 bits per heavy atom. The molecule has 0 saturated heterocycles. The predicted molar refractivity (Wildman–Crippen MR) is 59.8 cm³/mol. The van der Waals surface area contributed by atoms with Crippen LogP contribution in [0.3, 0.4) is 0 Å². The van der Waals surface area contributed by atoms with E-state index in [1.165, 1.54) is 6.92 Å². The second kappa shape index (κ2) is 6.06. The molecule has 1 unspecified atom stereocenters. The fourth-order valence-electron chi connectivity index (χ4n) is 1.36. The Bertz CT molecular complexity index is 456. The minimum absolute atomic E-state index is 0.0630. The third-order valence-electron chi connectivity index (χ3n) is 2.24. The van der Waals surface area contributed by atoms with Crippen molar-refractivity contribution in [3.05, 3.63) is 34.4 Å². The Kier molecular flexibility index (Phi) is 4.98. The van der Waals surface area contributed by atoms with Crippen LogP contribution in [0.5, 0.6) is 0 Å². The van der Waals surface area contributed by atoms with Crippen LogP contribution >= 0.6 is 11.6 Å². The highest BCUT2D eigenvalue weighted by Crippen LogP contribution is 2.28. The van der Waals surface area contributed by atoms with Gasteiger partial charge in [0.1, 0.15) is 11.6 Å². The van der Waals surface area contributed by atoms with Crippen molar-refractivity contribution in [1.82, 2.24) is 0 Å². The standard InChI is InChI=1S/C11H11ClF3NO2/c1-2-18-11(17)9(15)10(16)7-6(13)4-3-5(12)8(7)14/h3-4,9-10H,2,16H2,1H3/t9?,10-/m1/s1. The molecule has 1 aromatic rings. The molecule has 2 atom stereocenters. The van der Waals surface area contributed by atoms with E-state index in [1.54, 1.807) is 0 Å². The van der Waals surface area contributed by atoms with Crippen molar-refractivity contribution in [3.63, 3.8) is 0 Å². The Hall–Kier alpha value is -1.27. The van der Waals surface area contributed by atoms with E-state index in [9.17, 15) is 18.0 Å². The summed E-state index contributed by atoms with van der Waals surface area (Å²) in [5.41, 5.74) is 4.55. The number of benzene rings is 1. The van der Waals surface area contributed by atoms with Crippen LogP contribution in [-0.2, 0) is 9.53 Å². The molecule has 0 amide bonds. The molecule has 1 rings (SSSR count). The highest BCUT2D eigenvalue weighted by Gasteiger charge is 2.32. The molecule has 3 nitrogen and oxygen atoms in total. The van der Waals surface area contributed by atoms with Gasteiger partial charge in [0.2, 0.25) is 6.17 Å². The van der Waals surface area contributed by atoms with Gasteiger partial charge < -0.3 is 10.5 Å². The molecule has 0 spiro atoms. The highest BCUT2D eigenvalue weighted by molar-refractivity contribution is 6.30. The Morgan fingerprint density at radius 3 is 2.67 bits per heavy atom. The molecule has 0 aliphatic carbocycles. The summed E-state index contributed by atoms with van der Waals surface area (Å²) >= 11 is 5.44. The van der Waals surface area contributed by atoms with Crippen molar-refractivity contribution in [2.75, 3.05) is 6.61 Å². The lowest BCUT2D eigenvalue weighted by molar-refractivity contribution is -0.150. The summed E-state index contributed by atoms with van der Waals surface area (Å²) in [6, 6.07) is 0.00108. The van der Waals surface area contributed by atoms with Crippen LogP contribution in [0.4, 0.5) is 13.2 Å². The Labute approximate surface area is 107 Å². The van der Waals surface area contributed by atoms with Crippen molar-refractivity contribution < 1.29 is 22.7 Å². The van der Waals surface area contributed by atoms with Crippen LogP contribution in [0.1, 0.15) is 18.5 Å². The van der Waals surface area contributed by atoms with Gasteiger partial charge in [-0.15, -0.1) is 0 Å². The molecule has 0 radical (unpaired) electrons.